The number of rotatable bonds is 2. The SMILES string of the molecule is CN1C(=O)CCC(NC(=O)NC2CCCC2)C1=O. The molecule has 6 heteroatoms. The van der Waals surface area contributed by atoms with Gasteiger partial charge in [0.05, 0.1) is 0 Å². The van der Waals surface area contributed by atoms with Crippen LogP contribution < -0.4 is 10.6 Å². The van der Waals surface area contributed by atoms with E-state index < -0.39 is 6.04 Å². The predicted molar refractivity (Wildman–Crippen MR) is 64.7 cm³/mol. The number of carbonyl (C=O) groups excluding carboxylic acids is 3. The Morgan fingerprint density at radius 2 is 1.83 bits per heavy atom. The topological polar surface area (TPSA) is 78.5 Å². The van der Waals surface area contributed by atoms with E-state index in [4.69, 9.17) is 0 Å². The third-order valence-corrected chi connectivity index (χ3v) is 3.65. The molecule has 100 valence electrons. The van der Waals surface area contributed by atoms with Crippen LogP contribution in [0.15, 0.2) is 0 Å². The molecule has 2 fully saturated rings. The summed E-state index contributed by atoms with van der Waals surface area (Å²) in [5.74, 6) is -0.512. The fourth-order valence-electron chi connectivity index (χ4n) is 2.51. The van der Waals surface area contributed by atoms with Gasteiger partial charge in [0.1, 0.15) is 6.04 Å². The van der Waals surface area contributed by atoms with Crippen LogP contribution in [0.5, 0.6) is 0 Å². The number of nitrogens with one attached hydrogen (secondary N) is 2. The Morgan fingerprint density at radius 1 is 1.17 bits per heavy atom. The van der Waals surface area contributed by atoms with Gasteiger partial charge in [-0.05, 0) is 19.3 Å². The summed E-state index contributed by atoms with van der Waals surface area (Å²) in [4.78, 5) is 35.9. The minimum absolute atomic E-state index is 0.186. The van der Waals surface area contributed by atoms with E-state index in [1.165, 1.54) is 7.05 Å². The Morgan fingerprint density at radius 3 is 2.50 bits per heavy atom. The zero-order valence-electron chi connectivity index (χ0n) is 10.6. The first-order valence-corrected chi connectivity index (χ1v) is 6.45. The Kier molecular flexibility index (Phi) is 3.84. The minimum Gasteiger partial charge on any atom is -0.335 e. The van der Waals surface area contributed by atoms with Crippen molar-refractivity contribution in [3.05, 3.63) is 0 Å². The number of imide groups is 1. The standard InChI is InChI=1S/C12H19N3O3/c1-15-10(16)7-6-9(11(15)17)14-12(18)13-8-4-2-3-5-8/h8-9H,2-7H2,1H3,(H2,13,14,18). The maximum absolute atomic E-state index is 11.8. The number of carbonyl (C=O) groups is 3. The minimum atomic E-state index is -0.575. The zero-order valence-corrected chi connectivity index (χ0v) is 10.6. The molecule has 1 aliphatic heterocycles. The lowest BCUT2D eigenvalue weighted by Crippen LogP contribution is -2.55. The van der Waals surface area contributed by atoms with Crippen molar-refractivity contribution in [2.45, 2.75) is 50.6 Å². The average Bonchev–Trinajstić information content (AvgIpc) is 2.83. The number of urea groups is 1. The highest BCUT2D eigenvalue weighted by molar-refractivity contribution is 6.01. The summed E-state index contributed by atoms with van der Waals surface area (Å²) < 4.78 is 0. The molecular formula is C12H19N3O3. The average molecular weight is 253 g/mol. The molecule has 2 rings (SSSR count). The summed E-state index contributed by atoms with van der Waals surface area (Å²) in [6, 6.07) is -0.653. The highest BCUT2D eigenvalue weighted by Gasteiger charge is 2.33. The molecule has 1 saturated carbocycles. The van der Waals surface area contributed by atoms with Crippen LogP contribution in [-0.4, -0.2) is 41.9 Å². The van der Waals surface area contributed by atoms with Crippen molar-refractivity contribution in [3.8, 4) is 0 Å². The van der Waals surface area contributed by atoms with Crippen LogP contribution in [0.2, 0.25) is 0 Å². The summed E-state index contributed by atoms with van der Waals surface area (Å²) in [5, 5.41) is 5.52. The maximum atomic E-state index is 11.8. The summed E-state index contributed by atoms with van der Waals surface area (Å²) in [6.45, 7) is 0. The molecule has 1 heterocycles. The summed E-state index contributed by atoms with van der Waals surface area (Å²) in [7, 11) is 1.45. The quantitative estimate of drug-likeness (QED) is 0.698. The number of hydrogen-bond donors (Lipinski definition) is 2. The van der Waals surface area contributed by atoms with E-state index in [2.05, 4.69) is 10.6 Å². The van der Waals surface area contributed by atoms with Crippen molar-refractivity contribution in [1.29, 1.82) is 0 Å². The lowest BCUT2D eigenvalue weighted by Gasteiger charge is -2.28. The fourth-order valence-corrected chi connectivity index (χ4v) is 2.51. The van der Waals surface area contributed by atoms with Crippen LogP contribution in [0, 0.1) is 0 Å². The second kappa shape index (κ2) is 5.37. The zero-order chi connectivity index (χ0) is 13.1. The van der Waals surface area contributed by atoms with Crippen molar-refractivity contribution in [1.82, 2.24) is 15.5 Å². The van der Waals surface area contributed by atoms with Crippen LogP contribution in [0.4, 0.5) is 4.79 Å². The number of piperidine rings is 1. The van der Waals surface area contributed by atoms with E-state index in [1.807, 2.05) is 0 Å². The van der Waals surface area contributed by atoms with Crippen molar-refractivity contribution in [2.75, 3.05) is 7.05 Å². The van der Waals surface area contributed by atoms with E-state index in [0.717, 1.165) is 30.6 Å². The normalized spacial score (nSPS) is 25.4. The predicted octanol–water partition coefficient (Wildman–Crippen LogP) is 0.376. The molecule has 18 heavy (non-hydrogen) atoms. The first-order chi connectivity index (χ1) is 8.58. The highest BCUT2D eigenvalue weighted by atomic mass is 16.2. The lowest BCUT2D eigenvalue weighted by molar-refractivity contribution is -0.147. The van der Waals surface area contributed by atoms with E-state index in [-0.39, 0.29) is 23.9 Å². The van der Waals surface area contributed by atoms with Gasteiger partial charge in [-0.2, -0.15) is 0 Å². The summed E-state index contributed by atoms with van der Waals surface area (Å²) in [5.41, 5.74) is 0. The molecule has 0 aromatic carbocycles. The molecule has 0 radical (unpaired) electrons. The molecule has 4 amide bonds. The monoisotopic (exact) mass is 253 g/mol. The van der Waals surface area contributed by atoms with Crippen molar-refractivity contribution < 1.29 is 14.4 Å². The van der Waals surface area contributed by atoms with Gasteiger partial charge in [0.25, 0.3) is 5.91 Å². The summed E-state index contributed by atoms with van der Waals surface area (Å²) >= 11 is 0. The Balaban J connectivity index is 1.83. The van der Waals surface area contributed by atoms with Crippen LogP contribution in [0.1, 0.15) is 38.5 Å². The van der Waals surface area contributed by atoms with Gasteiger partial charge in [-0.25, -0.2) is 4.79 Å². The van der Waals surface area contributed by atoms with Gasteiger partial charge in [0.2, 0.25) is 5.91 Å². The smallest absolute Gasteiger partial charge is 0.315 e. The Hall–Kier alpha value is -1.59. The number of likely N-dealkylation sites (N-methyl/N-ethyl adjacent to an activating group) is 1. The lowest BCUT2D eigenvalue weighted by atomic mass is 10.1. The molecule has 0 aromatic rings. The molecule has 2 aliphatic rings. The van der Waals surface area contributed by atoms with Crippen LogP contribution in [0.25, 0.3) is 0 Å². The van der Waals surface area contributed by atoms with E-state index in [9.17, 15) is 14.4 Å². The number of hydrogen-bond acceptors (Lipinski definition) is 3. The van der Waals surface area contributed by atoms with Gasteiger partial charge in [-0.15, -0.1) is 0 Å². The van der Waals surface area contributed by atoms with Gasteiger partial charge in [0, 0.05) is 19.5 Å². The molecule has 6 nitrogen and oxygen atoms in total. The molecule has 1 unspecified atom stereocenters. The molecule has 1 atom stereocenters. The molecule has 0 spiro atoms. The Labute approximate surface area is 106 Å². The van der Waals surface area contributed by atoms with Crippen LogP contribution in [-0.2, 0) is 9.59 Å². The summed E-state index contributed by atoms with van der Waals surface area (Å²) in [6.07, 6.45) is 4.99. The molecule has 1 saturated heterocycles. The van der Waals surface area contributed by atoms with Crippen molar-refractivity contribution in [3.63, 3.8) is 0 Å². The third-order valence-electron chi connectivity index (χ3n) is 3.65. The number of nitrogens with zero attached hydrogens (tertiary/aromatic N) is 1. The van der Waals surface area contributed by atoms with Crippen LogP contribution in [0.3, 0.4) is 0 Å². The second-order valence-electron chi connectivity index (χ2n) is 4.98. The molecule has 1 aliphatic carbocycles. The van der Waals surface area contributed by atoms with E-state index in [1.54, 1.807) is 0 Å². The highest BCUT2D eigenvalue weighted by Crippen LogP contribution is 2.17. The Bertz CT molecular complexity index is 364. The largest absolute Gasteiger partial charge is 0.335 e. The first-order valence-electron chi connectivity index (χ1n) is 6.45. The maximum Gasteiger partial charge on any atom is 0.315 e. The van der Waals surface area contributed by atoms with Gasteiger partial charge in [-0.3, -0.25) is 14.5 Å². The van der Waals surface area contributed by atoms with Crippen LogP contribution >= 0.6 is 0 Å². The van der Waals surface area contributed by atoms with Gasteiger partial charge in [0.15, 0.2) is 0 Å². The molecule has 2 N–H and O–H groups in total. The number of amides is 4. The third kappa shape index (κ3) is 2.80. The first kappa shape index (κ1) is 12.9. The second-order valence-corrected chi connectivity index (χ2v) is 4.98. The van der Waals surface area contributed by atoms with Gasteiger partial charge in [-0.1, -0.05) is 12.8 Å². The van der Waals surface area contributed by atoms with Crippen molar-refractivity contribution in [2.24, 2.45) is 0 Å². The van der Waals surface area contributed by atoms with Gasteiger partial charge < -0.3 is 10.6 Å². The number of likely N-dealkylation sites (tertiary alicyclic amines) is 1. The van der Waals surface area contributed by atoms with Crippen molar-refractivity contribution >= 4 is 17.8 Å². The van der Waals surface area contributed by atoms with E-state index in [0.29, 0.717) is 12.8 Å². The molecule has 0 aromatic heterocycles. The van der Waals surface area contributed by atoms with Gasteiger partial charge >= 0.3 is 6.03 Å². The van der Waals surface area contributed by atoms with E-state index >= 15 is 0 Å². The molecule has 0 bridgehead atoms. The fraction of sp³-hybridized carbons (Fsp3) is 0.750. The molecular weight excluding hydrogens is 234 g/mol.